The summed E-state index contributed by atoms with van der Waals surface area (Å²) in [6.45, 7) is 6.05. The van der Waals surface area contributed by atoms with Crippen molar-refractivity contribution in [1.29, 1.82) is 0 Å². The van der Waals surface area contributed by atoms with E-state index in [2.05, 4.69) is 10.1 Å². The number of hydrogen-bond acceptors (Lipinski definition) is 4. The molecule has 1 fully saturated rings. The molecule has 1 heterocycles. The van der Waals surface area contributed by atoms with E-state index >= 15 is 0 Å². The number of benzene rings is 1. The van der Waals surface area contributed by atoms with Crippen LogP contribution in [0.15, 0.2) is 34.4 Å². The molecule has 1 amide bonds. The zero-order chi connectivity index (χ0) is 13.8. The Bertz CT molecular complexity index is 537. The quantitative estimate of drug-likeness (QED) is 0.795. The lowest BCUT2D eigenvalue weighted by atomic mass is 10.2. The molecule has 5 heteroatoms. The monoisotopic (exact) mass is 275 g/mol. The summed E-state index contributed by atoms with van der Waals surface area (Å²) in [4.78, 5) is 16.3. The van der Waals surface area contributed by atoms with Crippen molar-refractivity contribution in [2.45, 2.75) is 20.8 Å². The van der Waals surface area contributed by atoms with Crippen molar-refractivity contribution in [2.75, 3.05) is 5.75 Å². The first kappa shape index (κ1) is 13.8. The molecule has 0 atom stereocenters. The van der Waals surface area contributed by atoms with Gasteiger partial charge in [-0.1, -0.05) is 43.8 Å². The zero-order valence-electron chi connectivity index (χ0n) is 11.3. The molecule has 0 unspecified atom stereocenters. The van der Waals surface area contributed by atoms with E-state index in [9.17, 15) is 4.79 Å². The zero-order valence-corrected chi connectivity index (χ0v) is 12.1. The van der Waals surface area contributed by atoms with Crippen molar-refractivity contribution in [2.24, 2.45) is 16.0 Å². The average Bonchev–Trinajstić information content (AvgIpc) is 2.71. The Morgan fingerprint density at radius 3 is 2.79 bits per heavy atom. The minimum Gasteiger partial charge on any atom is -0.271 e. The number of carbonyl (C=O) groups is 1. The SMILES string of the molecule is Cc1ccccc1N=C1SCC(=O)N1/N=C/C(C)C. The van der Waals surface area contributed by atoms with Crippen molar-refractivity contribution < 1.29 is 4.79 Å². The first-order valence-electron chi connectivity index (χ1n) is 6.22. The molecule has 1 aromatic rings. The molecule has 19 heavy (non-hydrogen) atoms. The van der Waals surface area contributed by atoms with Crippen LogP contribution in [-0.4, -0.2) is 28.1 Å². The van der Waals surface area contributed by atoms with E-state index in [1.54, 1.807) is 6.21 Å². The van der Waals surface area contributed by atoms with Crippen LogP contribution in [-0.2, 0) is 4.79 Å². The molecule has 0 saturated carbocycles. The fraction of sp³-hybridized carbons (Fsp3) is 0.357. The fourth-order valence-corrected chi connectivity index (χ4v) is 2.35. The fourth-order valence-electron chi connectivity index (χ4n) is 1.54. The van der Waals surface area contributed by atoms with Gasteiger partial charge < -0.3 is 0 Å². The molecular formula is C14H17N3OS. The van der Waals surface area contributed by atoms with Crippen molar-refractivity contribution in [3.8, 4) is 0 Å². The molecule has 4 nitrogen and oxygen atoms in total. The number of amidine groups is 1. The third-order valence-electron chi connectivity index (χ3n) is 2.55. The Kier molecular flexibility index (Phi) is 4.37. The maximum absolute atomic E-state index is 11.8. The van der Waals surface area contributed by atoms with Crippen LogP contribution in [0.1, 0.15) is 19.4 Å². The van der Waals surface area contributed by atoms with Crippen molar-refractivity contribution >= 4 is 34.7 Å². The highest BCUT2D eigenvalue weighted by molar-refractivity contribution is 8.15. The van der Waals surface area contributed by atoms with Crippen LogP contribution in [0, 0.1) is 12.8 Å². The Labute approximate surface area is 117 Å². The van der Waals surface area contributed by atoms with Crippen LogP contribution in [0.2, 0.25) is 0 Å². The summed E-state index contributed by atoms with van der Waals surface area (Å²) in [7, 11) is 0. The summed E-state index contributed by atoms with van der Waals surface area (Å²) >= 11 is 1.43. The topological polar surface area (TPSA) is 45.0 Å². The Morgan fingerprint density at radius 1 is 1.37 bits per heavy atom. The Morgan fingerprint density at radius 2 is 2.11 bits per heavy atom. The van der Waals surface area contributed by atoms with E-state index in [1.165, 1.54) is 16.8 Å². The van der Waals surface area contributed by atoms with Gasteiger partial charge in [0.15, 0.2) is 5.17 Å². The molecule has 100 valence electrons. The molecule has 1 saturated heterocycles. The second-order valence-corrected chi connectivity index (χ2v) is 5.63. The third kappa shape index (κ3) is 3.44. The molecule has 0 radical (unpaired) electrons. The van der Waals surface area contributed by atoms with Crippen LogP contribution in [0.3, 0.4) is 0 Å². The molecule has 0 aliphatic carbocycles. The van der Waals surface area contributed by atoms with Gasteiger partial charge >= 0.3 is 0 Å². The number of aliphatic imine (C=N–C) groups is 1. The van der Waals surface area contributed by atoms with Gasteiger partial charge in [0.1, 0.15) is 0 Å². The van der Waals surface area contributed by atoms with Gasteiger partial charge in [0.2, 0.25) is 0 Å². The number of amides is 1. The van der Waals surface area contributed by atoms with Gasteiger partial charge in [0, 0.05) is 6.21 Å². The van der Waals surface area contributed by atoms with E-state index in [1.807, 2.05) is 45.0 Å². The molecule has 0 aromatic heterocycles. The van der Waals surface area contributed by atoms with Gasteiger partial charge in [0.05, 0.1) is 11.4 Å². The normalized spacial score (nSPS) is 18.2. The third-order valence-corrected chi connectivity index (χ3v) is 3.47. The highest BCUT2D eigenvalue weighted by Crippen LogP contribution is 2.25. The molecular weight excluding hydrogens is 258 g/mol. The number of para-hydroxylation sites is 1. The predicted octanol–water partition coefficient (Wildman–Crippen LogP) is 3.20. The first-order chi connectivity index (χ1) is 9.08. The highest BCUT2D eigenvalue weighted by Gasteiger charge is 2.28. The minimum absolute atomic E-state index is 0.0192. The minimum atomic E-state index is -0.0192. The van der Waals surface area contributed by atoms with Gasteiger partial charge in [-0.3, -0.25) is 4.79 Å². The maximum atomic E-state index is 11.8. The lowest BCUT2D eigenvalue weighted by molar-refractivity contribution is -0.124. The molecule has 0 N–H and O–H groups in total. The molecule has 1 aliphatic heterocycles. The molecule has 0 spiro atoms. The van der Waals surface area contributed by atoms with Gasteiger partial charge in [-0.25, -0.2) is 4.99 Å². The van der Waals surface area contributed by atoms with Crippen LogP contribution < -0.4 is 0 Å². The average molecular weight is 275 g/mol. The number of hydrogen-bond donors (Lipinski definition) is 0. The lowest BCUT2D eigenvalue weighted by Crippen LogP contribution is -2.24. The second kappa shape index (κ2) is 6.02. The maximum Gasteiger partial charge on any atom is 0.259 e. The molecule has 0 bridgehead atoms. The summed E-state index contributed by atoms with van der Waals surface area (Å²) in [5.74, 6) is 0.688. The number of rotatable bonds is 3. The summed E-state index contributed by atoms with van der Waals surface area (Å²) in [5, 5.41) is 6.27. The molecule has 1 aliphatic rings. The van der Waals surface area contributed by atoms with Gasteiger partial charge in [-0.15, -0.1) is 0 Å². The van der Waals surface area contributed by atoms with E-state index in [0.717, 1.165) is 11.3 Å². The predicted molar refractivity (Wildman–Crippen MR) is 80.9 cm³/mol. The van der Waals surface area contributed by atoms with Gasteiger partial charge in [0.25, 0.3) is 5.91 Å². The van der Waals surface area contributed by atoms with Crippen LogP contribution in [0.5, 0.6) is 0 Å². The summed E-state index contributed by atoms with van der Waals surface area (Å²) in [6.07, 6.45) is 1.76. The second-order valence-electron chi connectivity index (χ2n) is 4.68. The van der Waals surface area contributed by atoms with Crippen molar-refractivity contribution in [3.63, 3.8) is 0 Å². The Hall–Kier alpha value is -1.62. The smallest absolute Gasteiger partial charge is 0.259 e. The van der Waals surface area contributed by atoms with E-state index in [0.29, 0.717) is 16.8 Å². The summed E-state index contributed by atoms with van der Waals surface area (Å²) in [5.41, 5.74) is 1.96. The number of thioether (sulfide) groups is 1. The van der Waals surface area contributed by atoms with Crippen molar-refractivity contribution in [1.82, 2.24) is 5.01 Å². The number of nitrogens with zero attached hydrogens (tertiary/aromatic N) is 3. The van der Waals surface area contributed by atoms with Crippen LogP contribution in [0.4, 0.5) is 5.69 Å². The lowest BCUT2D eigenvalue weighted by Gasteiger charge is -2.10. The number of carbonyl (C=O) groups excluding carboxylic acids is 1. The van der Waals surface area contributed by atoms with Gasteiger partial charge in [-0.05, 0) is 24.5 Å². The standard InChI is InChI=1S/C14H17N3OS/c1-10(2)8-15-17-13(18)9-19-14(17)16-12-7-5-4-6-11(12)3/h4-8,10H,9H2,1-3H3/b15-8+,16-14?. The number of aryl methyl sites for hydroxylation is 1. The molecule has 1 aromatic carbocycles. The number of hydrazone groups is 1. The van der Waals surface area contributed by atoms with Crippen LogP contribution in [0.25, 0.3) is 0 Å². The largest absolute Gasteiger partial charge is 0.271 e. The van der Waals surface area contributed by atoms with Crippen molar-refractivity contribution in [3.05, 3.63) is 29.8 Å². The van der Waals surface area contributed by atoms with E-state index in [4.69, 9.17) is 0 Å². The molecule has 2 rings (SSSR count). The first-order valence-corrected chi connectivity index (χ1v) is 7.20. The van der Waals surface area contributed by atoms with E-state index in [-0.39, 0.29) is 5.91 Å². The summed E-state index contributed by atoms with van der Waals surface area (Å²) in [6, 6.07) is 7.86. The van der Waals surface area contributed by atoms with E-state index < -0.39 is 0 Å². The Balaban J connectivity index is 2.28. The summed E-state index contributed by atoms with van der Waals surface area (Å²) < 4.78 is 0. The van der Waals surface area contributed by atoms with Gasteiger partial charge in [-0.2, -0.15) is 10.1 Å². The van der Waals surface area contributed by atoms with Crippen LogP contribution >= 0.6 is 11.8 Å². The highest BCUT2D eigenvalue weighted by atomic mass is 32.2.